The molecular weight excluding hydrogens is 391 g/mol. The lowest BCUT2D eigenvalue weighted by atomic mass is 9.85. The quantitative estimate of drug-likeness (QED) is 0.753. The molecule has 1 fully saturated rings. The normalized spacial score (nSPS) is 23.0. The van der Waals surface area contributed by atoms with Gasteiger partial charge in [-0.1, -0.05) is 30.3 Å². The molecule has 2 aliphatic rings. The Balaban J connectivity index is 1.46. The summed E-state index contributed by atoms with van der Waals surface area (Å²) in [5.74, 6) is 0.0493. The van der Waals surface area contributed by atoms with Crippen molar-refractivity contribution < 1.29 is 18.0 Å². The Hall–Kier alpha value is -2.54. The van der Waals surface area contributed by atoms with Gasteiger partial charge in [0.2, 0.25) is 5.91 Å². The molecule has 2 aromatic carbocycles. The fourth-order valence-corrected chi connectivity index (χ4v) is 4.46. The Morgan fingerprint density at radius 2 is 1.77 bits per heavy atom. The standard InChI is InChI=1S/C23H26F3N3O/c24-23(25,26)19-8-6-17(7-9-19)16-29-12-3-10-22(11-13-29)14-21(30)27-15-18-4-1-2-5-20(18)28-22/h1-2,4-9,28H,3,10-16H2,(H,27,30)/t22-/m1/s1. The average molecular weight is 417 g/mol. The first-order valence-electron chi connectivity index (χ1n) is 10.3. The van der Waals surface area contributed by atoms with Crippen molar-refractivity contribution in [2.75, 3.05) is 18.4 Å². The molecule has 1 saturated heterocycles. The molecule has 4 nitrogen and oxygen atoms in total. The number of carbonyl (C=O) groups excluding carboxylic acids is 1. The summed E-state index contributed by atoms with van der Waals surface area (Å²) >= 11 is 0. The lowest BCUT2D eigenvalue weighted by molar-refractivity contribution is -0.137. The molecule has 1 atom stereocenters. The van der Waals surface area contributed by atoms with Gasteiger partial charge in [-0.2, -0.15) is 13.2 Å². The molecule has 2 aliphatic heterocycles. The van der Waals surface area contributed by atoms with E-state index >= 15 is 0 Å². The molecule has 0 unspecified atom stereocenters. The molecule has 4 rings (SSSR count). The second kappa shape index (κ2) is 8.30. The van der Waals surface area contributed by atoms with Gasteiger partial charge in [-0.3, -0.25) is 9.69 Å². The number of amides is 1. The molecular formula is C23H26F3N3O. The molecule has 2 aromatic rings. The third-order valence-electron chi connectivity index (χ3n) is 6.12. The number of nitrogens with one attached hydrogen (secondary N) is 2. The first-order chi connectivity index (χ1) is 14.3. The van der Waals surface area contributed by atoms with Gasteiger partial charge in [-0.05, 0) is 55.1 Å². The van der Waals surface area contributed by atoms with Gasteiger partial charge >= 0.3 is 6.18 Å². The third-order valence-corrected chi connectivity index (χ3v) is 6.12. The van der Waals surface area contributed by atoms with E-state index in [1.807, 2.05) is 18.2 Å². The number of hydrogen-bond donors (Lipinski definition) is 2. The van der Waals surface area contributed by atoms with Crippen LogP contribution in [0.2, 0.25) is 0 Å². The highest BCUT2D eigenvalue weighted by molar-refractivity contribution is 5.79. The van der Waals surface area contributed by atoms with Crippen molar-refractivity contribution in [2.24, 2.45) is 0 Å². The first kappa shape index (κ1) is 20.7. The summed E-state index contributed by atoms with van der Waals surface area (Å²) in [5.41, 5.74) is 2.08. The Morgan fingerprint density at radius 3 is 2.53 bits per heavy atom. The van der Waals surface area contributed by atoms with Gasteiger partial charge < -0.3 is 10.6 Å². The highest BCUT2D eigenvalue weighted by Crippen LogP contribution is 2.34. The highest BCUT2D eigenvalue weighted by atomic mass is 19.4. The molecule has 0 radical (unpaired) electrons. The molecule has 2 heterocycles. The number of alkyl halides is 3. The second-order valence-electron chi connectivity index (χ2n) is 8.34. The third kappa shape index (κ3) is 4.78. The summed E-state index contributed by atoms with van der Waals surface area (Å²) in [6.45, 7) is 2.77. The summed E-state index contributed by atoms with van der Waals surface area (Å²) < 4.78 is 38.4. The van der Waals surface area contributed by atoms with Crippen molar-refractivity contribution in [1.82, 2.24) is 10.2 Å². The molecule has 160 valence electrons. The average Bonchev–Trinajstić information content (AvgIpc) is 2.88. The van der Waals surface area contributed by atoms with Gasteiger partial charge in [-0.25, -0.2) is 0 Å². The van der Waals surface area contributed by atoms with E-state index in [1.165, 1.54) is 0 Å². The van der Waals surface area contributed by atoms with Crippen molar-refractivity contribution >= 4 is 11.6 Å². The molecule has 1 amide bonds. The van der Waals surface area contributed by atoms with Gasteiger partial charge in [0.1, 0.15) is 0 Å². The van der Waals surface area contributed by atoms with Crippen LogP contribution in [-0.4, -0.2) is 29.4 Å². The lowest BCUT2D eigenvalue weighted by Gasteiger charge is -2.37. The van der Waals surface area contributed by atoms with Gasteiger partial charge in [0, 0.05) is 37.3 Å². The van der Waals surface area contributed by atoms with Crippen LogP contribution in [0.3, 0.4) is 0 Å². The maximum absolute atomic E-state index is 12.8. The van der Waals surface area contributed by atoms with E-state index in [-0.39, 0.29) is 11.4 Å². The molecule has 1 spiro atoms. The number of rotatable bonds is 2. The van der Waals surface area contributed by atoms with E-state index in [2.05, 4.69) is 21.6 Å². The van der Waals surface area contributed by atoms with Gasteiger partial charge in [0.05, 0.1) is 5.56 Å². The number of hydrogen-bond acceptors (Lipinski definition) is 3. The number of nitrogens with zero attached hydrogens (tertiary/aromatic N) is 1. The second-order valence-corrected chi connectivity index (χ2v) is 8.34. The predicted molar refractivity (Wildman–Crippen MR) is 110 cm³/mol. The van der Waals surface area contributed by atoms with E-state index in [4.69, 9.17) is 0 Å². The van der Waals surface area contributed by atoms with Crippen LogP contribution in [0.15, 0.2) is 48.5 Å². The molecule has 7 heteroatoms. The van der Waals surface area contributed by atoms with Crippen molar-refractivity contribution in [3.05, 3.63) is 65.2 Å². The molecule has 0 saturated carbocycles. The largest absolute Gasteiger partial charge is 0.416 e. The van der Waals surface area contributed by atoms with Crippen molar-refractivity contribution in [1.29, 1.82) is 0 Å². The number of carbonyl (C=O) groups is 1. The molecule has 30 heavy (non-hydrogen) atoms. The zero-order valence-electron chi connectivity index (χ0n) is 16.8. The zero-order chi connectivity index (χ0) is 21.2. The minimum Gasteiger partial charge on any atom is -0.379 e. The highest BCUT2D eigenvalue weighted by Gasteiger charge is 2.36. The SMILES string of the molecule is O=C1C[C@]2(CCCN(Cc3ccc(C(F)(F)F)cc3)CC2)Nc2ccccc2CN1. The van der Waals surface area contributed by atoms with Gasteiger partial charge in [-0.15, -0.1) is 0 Å². The number of para-hydroxylation sites is 1. The number of likely N-dealkylation sites (tertiary alicyclic amines) is 1. The van der Waals surface area contributed by atoms with Crippen LogP contribution in [0.25, 0.3) is 0 Å². The van der Waals surface area contributed by atoms with E-state index in [1.54, 1.807) is 12.1 Å². The monoisotopic (exact) mass is 417 g/mol. The summed E-state index contributed by atoms with van der Waals surface area (Å²) in [4.78, 5) is 14.7. The Labute approximate surface area is 174 Å². The van der Waals surface area contributed by atoms with Crippen molar-refractivity contribution in [2.45, 2.75) is 50.5 Å². The minimum atomic E-state index is -4.31. The van der Waals surface area contributed by atoms with E-state index < -0.39 is 11.7 Å². The molecule has 0 bridgehead atoms. The van der Waals surface area contributed by atoms with Gasteiger partial charge in [0.25, 0.3) is 0 Å². The summed E-state index contributed by atoms with van der Waals surface area (Å²) in [7, 11) is 0. The Bertz CT molecular complexity index is 897. The Morgan fingerprint density at radius 1 is 1.00 bits per heavy atom. The fraction of sp³-hybridized carbons (Fsp3) is 0.435. The van der Waals surface area contributed by atoms with Crippen LogP contribution >= 0.6 is 0 Å². The number of benzene rings is 2. The van der Waals surface area contributed by atoms with E-state index in [0.29, 0.717) is 19.5 Å². The lowest BCUT2D eigenvalue weighted by Crippen LogP contribution is -2.46. The maximum Gasteiger partial charge on any atom is 0.416 e. The van der Waals surface area contributed by atoms with Crippen molar-refractivity contribution in [3.63, 3.8) is 0 Å². The number of anilines is 1. The number of fused-ring (bicyclic) bond motifs is 1. The fourth-order valence-electron chi connectivity index (χ4n) is 4.46. The molecule has 2 N–H and O–H groups in total. The summed E-state index contributed by atoms with van der Waals surface area (Å²) in [6.07, 6.45) is -1.29. The van der Waals surface area contributed by atoms with Crippen LogP contribution in [0, 0.1) is 0 Å². The van der Waals surface area contributed by atoms with Crippen LogP contribution in [0.5, 0.6) is 0 Å². The minimum absolute atomic E-state index is 0.0493. The molecule has 0 aliphatic carbocycles. The van der Waals surface area contributed by atoms with Crippen LogP contribution < -0.4 is 10.6 Å². The van der Waals surface area contributed by atoms with Crippen molar-refractivity contribution in [3.8, 4) is 0 Å². The summed E-state index contributed by atoms with van der Waals surface area (Å²) in [6, 6.07) is 13.5. The number of halogens is 3. The topological polar surface area (TPSA) is 44.4 Å². The smallest absolute Gasteiger partial charge is 0.379 e. The van der Waals surface area contributed by atoms with Crippen LogP contribution in [0.1, 0.15) is 42.4 Å². The maximum atomic E-state index is 12.8. The Kier molecular flexibility index (Phi) is 5.73. The van der Waals surface area contributed by atoms with E-state index in [9.17, 15) is 18.0 Å². The zero-order valence-corrected chi connectivity index (χ0v) is 16.8. The van der Waals surface area contributed by atoms with Crippen LogP contribution in [0.4, 0.5) is 18.9 Å². The summed E-state index contributed by atoms with van der Waals surface area (Å²) in [5, 5.41) is 6.70. The first-order valence-corrected chi connectivity index (χ1v) is 10.3. The van der Waals surface area contributed by atoms with Crippen LogP contribution in [-0.2, 0) is 24.1 Å². The predicted octanol–water partition coefficient (Wildman–Crippen LogP) is 4.56. The molecule has 0 aromatic heterocycles. The van der Waals surface area contributed by atoms with Gasteiger partial charge in [0.15, 0.2) is 0 Å². The van der Waals surface area contributed by atoms with E-state index in [0.717, 1.165) is 61.3 Å².